The second-order valence-corrected chi connectivity index (χ2v) is 16.3. The maximum Gasteiger partial charge on any atom is 0.345 e. The molecule has 1 fully saturated rings. The molecule has 0 bridgehead atoms. The van der Waals surface area contributed by atoms with Gasteiger partial charge in [0, 0.05) is 62.7 Å². The van der Waals surface area contributed by atoms with Crippen LogP contribution in [0.3, 0.4) is 0 Å². The summed E-state index contributed by atoms with van der Waals surface area (Å²) < 4.78 is 35.5. The number of ether oxygens (including phenoxy) is 5. The first-order chi connectivity index (χ1) is 30.7. The van der Waals surface area contributed by atoms with Gasteiger partial charge in [-0.05, 0) is 84.7 Å². The SMILES string of the molecule is COc1cccc(-c2ncc3snc(O[C@H](Cc4ccccc4OCc4ccnc(-c5ccccc5OC)n4)C(=O)O)c3c2-c2ccc(OCCN3CCN(C)CC3)c(Cl)c2C)c1. The van der Waals surface area contributed by atoms with Crippen molar-refractivity contribution in [1.29, 1.82) is 0 Å². The van der Waals surface area contributed by atoms with E-state index in [-0.39, 0.29) is 18.9 Å². The van der Waals surface area contributed by atoms with Crippen molar-refractivity contribution in [2.24, 2.45) is 0 Å². The predicted molar refractivity (Wildman–Crippen MR) is 245 cm³/mol. The smallest absolute Gasteiger partial charge is 0.345 e. The van der Waals surface area contributed by atoms with Gasteiger partial charge < -0.3 is 33.7 Å². The summed E-state index contributed by atoms with van der Waals surface area (Å²) in [4.78, 5) is 31.9. The number of rotatable bonds is 17. The first-order valence-electron chi connectivity index (χ1n) is 20.5. The molecule has 1 atom stereocenters. The van der Waals surface area contributed by atoms with Crippen LogP contribution in [0.5, 0.6) is 28.9 Å². The number of pyridine rings is 1. The molecule has 0 saturated carbocycles. The number of hydrogen-bond acceptors (Lipinski definition) is 13. The molecule has 0 radical (unpaired) electrons. The lowest BCUT2D eigenvalue weighted by Crippen LogP contribution is -2.45. The zero-order valence-corrected chi connectivity index (χ0v) is 37.0. The summed E-state index contributed by atoms with van der Waals surface area (Å²) in [5.41, 5.74) is 5.66. The van der Waals surface area contributed by atoms with E-state index in [0.29, 0.717) is 73.1 Å². The highest BCUT2D eigenvalue weighted by atomic mass is 35.5. The summed E-state index contributed by atoms with van der Waals surface area (Å²) in [6, 6.07) is 28.0. The molecule has 8 rings (SSSR count). The lowest BCUT2D eigenvalue weighted by atomic mass is 9.93. The largest absolute Gasteiger partial charge is 0.497 e. The van der Waals surface area contributed by atoms with Gasteiger partial charge in [0.05, 0.1) is 46.3 Å². The summed E-state index contributed by atoms with van der Waals surface area (Å²) >= 11 is 8.29. The second kappa shape index (κ2) is 19.8. The van der Waals surface area contributed by atoms with Gasteiger partial charge in [-0.1, -0.05) is 60.1 Å². The van der Waals surface area contributed by atoms with Gasteiger partial charge in [-0.2, -0.15) is 4.37 Å². The third-order valence-corrected chi connectivity index (χ3v) is 12.3. The summed E-state index contributed by atoms with van der Waals surface area (Å²) in [7, 11) is 5.36. The number of para-hydroxylation sites is 2. The van der Waals surface area contributed by atoms with Gasteiger partial charge in [0.15, 0.2) is 5.82 Å². The first-order valence-corrected chi connectivity index (χ1v) is 21.7. The zero-order valence-electron chi connectivity index (χ0n) is 35.4. The summed E-state index contributed by atoms with van der Waals surface area (Å²) in [5, 5.41) is 11.7. The molecule has 1 N–H and O–H groups in total. The van der Waals surface area contributed by atoms with Gasteiger partial charge >= 0.3 is 5.97 Å². The number of carboxylic acid groups (broad SMARTS) is 1. The highest BCUT2D eigenvalue weighted by Crippen LogP contribution is 2.46. The average Bonchev–Trinajstić information content (AvgIpc) is 3.73. The third-order valence-electron chi connectivity index (χ3n) is 11.1. The topological polar surface area (TPSA) is 141 Å². The monoisotopic (exact) mass is 886 g/mol. The fourth-order valence-corrected chi connectivity index (χ4v) is 8.47. The number of carbonyl (C=O) groups is 1. The number of fused-ring (bicyclic) bond motifs is 1. The summed E-state index contributed by atoms with van der Waals surface area (Å²) in [6.07, 6.45) is 2.05. The fourth-order valence-electron chi connectivity index (χ4n) is 7.56. The Morgan fingerprint density at radius 3 is 2.46 bits per heavy atom. The molecular weight excluding hydrogens is 840 g/mol. The number of methoxy groups -OCH3 is 2. The molecule has 324 valence electrons. The van der Waals surface area contributed by atoms with Crippen LogP contribution in [0.1, 0.15) is 16.8 Å². The van der Waals surface area contributed by atoms with Crippen molar-refractivity contribution in [3.8, 4) is 62.7 Å². The normalized spacial score (nSPS) is 13.7. The van der Waals surface area contributed by atoms with Gasteiger partial charge in [-0.25, -0.2) is 14.8 Å². The number of aliphatic carboxylic acids is 1. The molecule has 0 aliphatic carbocycles. The van der Waals surface area contributed by atoms with Crippen molar-refractivity contribution >= 4 is 39.2 Å². The van der Waals surface area contributed by atoms with Crippen molar-refractivity contribution in [3.63, 3.8) is 0 Å². The molecule has 1 aliphatic rings. The Kier molecular flexibility index (Phi) is 13.6. The Labute approximate surface area is 375 Å². The Morgan fingerprint density at radius 2 is 1.67 bits per heavy atom. The Bertz CT molecular complexity index is 2730. The van der Waals surface area contributed by atoms with Crippen molar-refractivity contribution in [3.05, 3.63) is 125 Å². The van der Waals surface area contributed by atoms with E-state index in [1.54, 1.807) is 38.7 Å². The van der Waals surface area contributed by atoms with E-state index >= 15 is 0 Å². The Balaban J connectivity index is 1.09. The minimum Gasteiger partial charge on any atom is -0.497 e. The van der Waals surface area contributed by atoms with Gasteiger partial charge in [0.25, 0.3) is 0 Å². The minimum atomic E-state index is -1.33. The van der Waals surface area contributed by atoms with E-state index in [1.165, 1.54) is 11.5 Å². The highest BCUT2D eigenvalue weighted by molar-refractivity contribution is 7.13. The number of carboxylic acids is 1. The van der Waals surface area contributed by atoms with E-state index in [4.69, 9.17) is 45.3 Å². The first kappa shape index (κ1) is 43.3. The number of benzene rings is 4. The van der Waals surface area contributed by atoms with Crippen LogP contribution < -0.4 is 23.7 Å². The molecule has 15 heteroatoms. The van der Waals surface area contributed by atoms with Crippen molar-refractivity contribution in [1.82, 2.24) is 29.1 Å². The fraction of sp³-hybridized carbons (Fsp3) is 0.271. The van der Waals surface area contributed by atoms with E-state index in [9.17, 15) is 9.90 Å². The number of hydrogen-bond donors (Lipinski definition) is 1. The Hall–Kier alpha value is -6.32. The predicted octanol–water partition coefficient (Wildman–Crippen LogP) is 8.74. The third kappa shape index (κ3) is 9.84. The molecule has 4 aromatic carbocycles. The molecule has 7 aromatic rings. The van der Waals surface area contributed by atoms with Crippen LogP contribution >= 0.6 is 23.1 Å². The van der Waals surface area contributed by atoms with Crippen molar-refractivity contribution in [2.75, 3.05) is 60.6 Å². The standard InChI is InChI=1S/C48H47ClN6O7S/c1-30-35(16-17-39(44(30)49)60-25-24-55-22-20-54(2)21-23-55)42-43-41(28-51-45(42)32-11-9-12-34(26-32)58-3)63-53-47(43)62-40(48(56)57)27-31-10-5-7-14-37(31)61-29-33-18-19-50-46(52-33)36-13-6-8-15-38(36)59-4/h5-19,26,28,40H,20-25,27,29H2,1-4H3,(H,56,57)/t40-/m1/s1. The molecule has 0 spiro atoms. The lowest BCUT2D eigenvalue weighted by Gasteiger charge is -2.32. The van der Waals surface area contributed by atoms with Crippen molar-refractivity contribution in [2.45, 2.75) is 26.1 Å². The molecule has 0 unspecified atom stereocenters. The number of likely N-dealkylation sites (N-methyl/N-ethyl adjacent to an activating group) is 1. The molecule has 1 saturated heterocycles. The van der Waals surface area contributed by atoms with Crippen molar-refractivity contribution < 1.29 is 33.6 Å². The molecule has 0 amide bonds. The van der Waals surface area contributed by atoms with Crippen LogP contribution in [0.4, 0.5) is 0 Å². The van der Waals surface area contributed by atoms with Crippen LogP contribution in [-0.2, 0) is 17.8 Å². The summed E-state index contributed by atoms with van der Waals surface area (Å²) in [6.45, 7) is 7.39. The average molecular weight is 887 g/mol. The van der Waals surface area contributed by atoms with E-state index < -0.39 is 12.1 Å². The summed E-state index contributed by atoms with van der Waals surface area (Å²) in [5.74, 6) is 1.89. The zero-order chi connectivity index (χ0) is 43.9. The van der Waals surface area contributed by atoms with E-state index in [1.807, 2.05) is 85.8 Å². The molecule has 13 nitrogen and oxygen atoms in total. The van der Waals surface area contributed by atoms with Crippen LogP contribution in [0.25, 0.3) is 43.9 Å². The Morgan fingerprint density at radius 1 is 0.873 bits per heavy atom. The van der Waals surface area contributed by atoms with Gasteiger partial charge in [0.1, 0.15) is 36.2 Å². The molecule has 1 aliphatic heterocycles. The molecule has 63 heavy (non-hydrogen) atoms. The number of piperazine rings is 1. The van der Waals surface area contributed by atoms with Gasteiger partial charge in [-0.15, -0.1) is 0 Å². The van der Waals surface area contributed by atoms with E-state index in [0.717, 1.165) is 55.0 Å². The minimum absolute atomic E-state index is 0.0189. The lowest BCUT2D eigenvalue weighted by molar-refractivity contribution is -0.145. The maximum atomic E-state index is 13.1. The van der Waals surface area contributed by atoms with E-state index in [2.05, 4.69) is 26.2 Å². The number of nitrogens with zero attached hydrogens (tertiary/aromatic N) is 6. The highest BCUT2D eigenvalue weighted by Gasteiger charge is 2.28. The van der Waals surface area contributed by atoms with Crippen LogP contribution in [0.2, 0.25) is 5.02 Å². The second-order valence-electron chi connectivity index (χ2n) is 15.1. The van der Waals surface area contributed by atoms with Gasteiger partial charge in [0.2, 0.25) is 12.0 Å². The molecule has 4 heterocycles. The van der Waals surface area contributed by atoms with Crippen LogP contribution in [0.15, 0.2) is 103 Å². The van der Waals surface area contributed by atoms with Crippen LogP contribution in [0, 0.1) is 6.92 Å². The molecular formula is C48H47ClN6O7S. The quantitative estimate of drug-likeness (QED) is 0.0933. The number of halogens is 1. The number of aromatic nitrogens is 4. The van der Waals surface area contributed by atoms with Gasteiger partial charge in [-0.3, -0.25) is 9.88 Å². The maximum absolute atomic E-state index is 13.1. The molecule has 3 aromatic heterocycles. The van der Waals surface area contributed by atoms with Crippen LogP contribution in [-0.4, -0.2) is 107 Å².